The quantitative estimate of drug-likeness (QED) is 0.622. The van der Waals surface area contributed by atoms with Crippen molar-refractivity contribution in [3.63, 3.8) is 0 Å². The van der Waals surface area contributed by atoms with Gasteiger partial charge in [-0.1, -0.05) is 6.92 Å². The minimum Gasteiger partial charge on any atom is -0.232 e. The number of hydrogen-bond donors (Lipinski definition) is 0. The zero-order chi connectivity index (χ0) is 8.20. The van der Waals surface area contributed by atoms with Crippen molar-refractivity contribution in [2.24, 2.45) is 0 Å². The second kappa shape index (κ2) is 4.10. The van der Waals surface area contributed by atoms with Crippen molar-refractivity contribution in [3.05, 3.63) is 0 Å². The van der Waals surface area contributed by atoms with E-state index in [2.05, 4.69) is 0 Å². The first-order chi connectivity index (χ1) is 4.54. The lowest BCUT2D eigenvalue weighted by Crippen LogP contribution is -2.23. The lowest BCUT2D eigenvalue weighted by molar-refractivity contribution is 0.490. The van der Waals surface area contributed by atoms with Crippen molar-refractivity contribution < 1.29 is 12.8 Å². The van der Waals surface area contributed by atoms with Crippen LogP contribution >= 0.6 is 11.8 Å². The van der Waals surface area contributed by atoms with E-state index in [0.717, 1.165) is 0 Å². The van der Waals surface area contributed by atoms with Gasteiger partial charge in [-0.2, -0.15) is 0 Å². The average molecular weight is 190 g/mol. The molecule has 0 saturated heterocycles. The first-order valence-corrected chi connectivity index (χ1v) is 4.71. The van der Waals surface area contributed by atoms with Gasteiger partial charge in [-0.05, 0) is 18.2 Å². The van der Waals surface area contributed by atoms with Crippen LogP contribution in [0.25, 0.3) is 0 Å². The van der Waals surface area contributed by atoms with E-state index >= 15 is 0 Å². The Morgan fingerprint density at radius 1 is 1.60 bits per heavy atom. The van der Waals surface area contributed by atoms with Crippen LogP contribution in [-0.4, -0.2) is 24.8 Å². The van der Waals surface area contributed by atoms with Gasteiger partial charge in [0.25, 0.3) is 10.0 Å². The van der Waals surface area contributed by atoms with Gasteiger partial charge in [0.05, 0.1) is 0 Å². The van der Waals surface area contributed by atoms with Gasteiger partial charge in [0, 0.05) is 6.54 Å². The fraction of sp³-hybridized carbons (Fsp3) is 1.00. The van der Waals surface area contributed by atoms with Crippen LogP contribution in [0, 0.1) is 0 Å². The third kappa shape index (κ3) is 2.81. The molecule has 0 aliphatic heterocycles. The summed E-state index contributed by atoms with van der Waals surface area (Å²) in [4.78, 5) is 0. The van der Waals surface area contributed by atoms with Crippen LogP contribution < -0.4 is 0 Å². The van der Waals surface area contributed by atoms with E-state index in [1.807, 2.05) is 0 Å². The predicted octanol–water partition coefficient (Wildman–Crippen LogP) is 1.11. The van der Waals surface area contributed by atoms with Crippen molar-refractivity contribution in [3.8, 4) is 0 Å². The molecule has 0 fully saturated rings. The molecule has 0 amide bonds. The van der Waals surface area contributed by atoms with Gasteiger partial charge >= 0.3 is 0 Å². The third-order valence-electron chi connectivity index (χ3n) is 0.839. The molecule has 62 valence electrons. The van der Waals surface area contributed by atoms with Gasteiger partial charge in [-0.3, -0.25) is 0 Å². The molecule has 0 spiro atoms. The highest BCUT2D eigenvalue weighted by Gasteiger charge is 2.17. The Kier molecular flexibility index (Phi) is 4.15. The van der Waals surface area contributed by atoms with Gasteiger partial charge in [0.15, 0.2) is 0 Å². The third-order valence-corrected chi connectivity index (χ3v) is 2.70. The first kappa shape index (κ1) is 10.1. The Hall–Kier alpha value is 0.130. The highest BCUT2D eigenvalue weighted by molar-refractivity contribution is 7.89. The number of alkyl halides is 1. The minimum atomic E-state index is -3.83. The molecule has 0 heterocycles. The molecule has 0 aromatic carbocycles. The molecule has 0 bridgehead atoms. The van der Waals surface area contributed by atoms with E-state index in [-0.39, 0.29) is 6.54 Å². The predicted molar refractivity (Wildman–Crippen MR) is 37.7 cm³/mol. The molecular weight excluding hydrogens is 181 g/mol. The van der Waals surface area contributed by atoms with Gasteiger partial charge in [-0.25, -0.2) is 12.8 Å². The van der Waals surface area contributed by atoms with Crippen LogP contribution in [0.5, 0.6) is 0 Å². The molecule has 0 aliphatic carbocycles. The normalized spacial score (nSPS) is 12.4. The van der Waals surface area contributed by atoms with Crippen molar-refractivity contribution >= 4 is 21.8 Å². The van der Waals surface area contributed by atoms with Crippen LogP contribution in [0.1, 0.15) is 13.3 Å². The number of nitrogens with zero attached hydrogens (tertiary/aromatic N) is 1. The van der Waals surface area contributed by atoms with Crippen LogP contribution in [-0.2, 0) is 10.0 Å². The molecular formula is C4H9ClFNO2S. The second-order valence-corrected chi connectivity index (χ2v) is 4.16. The standard InChI is InChI=1S/C4H9ClFNO2S/c1-2-3-7(5)10(8,9)4-6/h2-4H2,1H3. The van der Waals surface area contributed by atoms with E-state index < -0.39 is 16.0 Å². The summed E-state index contributed by atoms with van der Waals surface area (Å²) >= 11 is 5.18. The Morgan fingerprint density at radius 2 is 2.10 bits per heavy atom. The van der Waals surface area contributed by atoms with E-state index in [1.54, 1.807) is 6.92 Å². The van der Waals surface area contributed by atoms with Crippen molar-refractivity contribution in [2.75, 3.05) is 12.6 Å². The molecule has 0 unspecified atom stereocenters. The van der Waals surface area contributed by atoms with Crippen LogP contribution in [0.15, 0.2) is 0 Å². The zero-order valence-electron chi connectivity index (χ0n) is 5.55. The number of halogens is 2. The maximum absolute atomic E-state index is 11.6. The van der Waals surface area contributed by atoms with E-state index in [0.29, 0.717) is 10.2 Å². The molecule has 6 heteroatoms. The Morgan fingerprint density at radius 3 is 2.40 bits per heavy atom. The SMILES string of the molecule is CCCN(Cl)S(=O)(=O)CF. The molecule has 3 nitrogen and oxygen atoms in total. The molecule has 0 aromatic heterocycles. The average Bonchev–Trinajstić information content (AvgIpc) is 1.89. The first-order valence-electron chi connectivity index (χ1n) is 2.76. The largest absolute Gasteiger partial charge is 0.256 e. The van der Waals surface area contributed by atoms with Crippen molar-refractivity contribution in [1.82, 2.24) is 3.82 Å². The van der Waals surface area contributed by atoms with E-state index in [9.17, 15) is 12.8 Å². The second-order valence-electron chi connectivity index (χ2n) is 1.73. The zero-order valence-corrected chi connectivity index (χ0v) is 7.12. The summed E-state index contributed by atoms with van der Waals surface area (Å²) in [5.74, 6) is 0. The lowest BCUT2D eigenvalue weighted by atomic mass is 10.5. The maximum atomic E-state index is 11.6. The summed E-state index contributed by atoms with van der Waals surface area (Å²) in [5, 5.41) is 0. The molecule has 0 aromatic rings. The van der Waals surface area contributed by atoms with Gasteiger partial charge in [-0.15, -0.1) is 3.82 Å². The maximum Gasteiger partial charge on any atom is 0.256 e. The lowest BCUT2D eigenvalue weighted by Gasteiger charge is -2.08. The van der Waals surface area contributed by atoms with Crippen LogP contribution in [0.2, 0.25) is 0 Å². The fourth-order valence-corrected chi connectivity index (χ4v) is 1.21. The van der Waals surface area contributed by atoms with Crippen molar-refractivity contribution in [1.29, 1.82) is 0 Å². The summed E-state index contributed by atoms with van der Waals surface area (Å²) in [6.45, 7) is 1.90. The Labute approximate surface area is 64.9 Å². The summed E-state index contributed by atoms with van der Waals surface area (Å²) < 4.78 is 33.1. The molecule has 0 N–H and O–H groups in total. The molecule has 0 radical (unpaired) electrons. The molecule has 0 saturated carbocycles. The molecule has 0 rings (SSSR count). The van der Waals surface area contributed by atoms with E-state index in [1.165, 1.54) is 0 Å². The topological polar surface area (TPSA) is 37.4 Å². The fourth-order valence-electron chi connectivity index (χ4n) is 0.368. The summed E-state index contributed by atoms with van der Waals surface area (Å²) in [6.07, 6.45) is 0.572. The monoisotopic (exact) mass is 189 g/mol. The summed E-state index contributed by atoms with van der Waals surface area (Å²) in [6, 6.07) is -1.43. The molecule has 10 heavy (non-hydrogen) atoms. The molecule has 0 atom stereocenters. The highest BCUT2D eigenvalue weighted by Crippen LogP contribution is 2.05. The number of sulfonamides is 1. The van der Waals surface area contributed by atoms with Gasteiger partial charge < -0.3 is 0 Å². The minimum absolute atomic E-state index is 0.147. The van der Waals surface area contributed by atoms with Crippen LogP contribution in [0.4, 0.5) is 4.39 Å². The Bertz CT molecular complexity index is 182. The highest BCUT2D eigenvalue weighted by atomic mass is 35.5. The van der Waals surface area contributed by atoms with E-state index in [4.69, 9.17) is 11.8 Å². The number of hydrogen-bond acceptors (Lipinski definition) is 2. The number of rotatable bonds is 4. The van der Waals surface area contributed by atoms with Gasteiger partial charge in [0.1, 0.15) is 0 Å². The van der Waals surface area contributed by atoms with Crippen molar-refractivity contribution in [2.45, 2.75) is 13.3 Å². The van der Waals surface area contributed by atoms with Gasteiger partial charge in [0.2, 0.25) is 6.01 Å². The van der Waals surface area contributed by atoms with Crippen LogP contribution in [0.3, 0.4) is 0 Å². The summed E-state index contributed by atoms with van der Waals surface area (Å²) in [5.41, 5.74) is 0. The molecule has 0 aliphatic rings. The Balaban J connectivity index is 4.06. The summed E-state index contributed by atoms with van der Waals surface area (Å²) in [7, 11) is -3.83. The smallest absolute Gasteiger partial charge is 0.232 e.